The van der Waals surface area contributed by atoms with Gasteiger partial charge in [0, 0.05) is 29.2 Å². The SMILES string of the molecule is Cc1cc(O)c(/C=C(\C(N)=O)C2(N)CNC2)cc1Cl. The molecule has 0 aromatic heterocycles. The number of halogens is 1. The third-order valence-corrected chi connectivity index (χ3v) is 3.70. The average molecular weight is 282 g/mol. The molecule has 0 bridgehead atoms. The van der Waals surface area contributed by atoms with Crippen molar-refractivity contribution in [3.63, 3.8) is 0 Å². The first-order chi connectivity index (χ1) is 8.83. The highest BCUT2D eigenvalue weighted by Gasteiger charge is 2.39. The third kappa shape index (κ3) is 2.58. The Morgan fingerprint density at radius 2 is 2.16 bits per heavy atom. The van der Waals surface area contributed by atoms with Gasteiger partial charge < -0.3 is 21.9 Å². The first-order valence-corrected chi connectivity index (χ1v) is 6.22. The minimum absolute atomic E-state index is 0.0385. The van der Waals surface area contributed by atoms with Crippen LogP contribution in [0.5, 0.6) is 5.75 Å². The van der Waals surface area contributed by atoms with Gasteiger partial charge in [0.2, 0.25) is 5.91 Å². The van der Waals surface area contributed by atoms with E-state index in [1.807, 2.05) is 0 Å². The van der Waals surface area contributed by atoms with Crippen LogP contribution in [0.2, 0.25) is 5.02 Å². The highest BCUT2D eigenvalue weighted by atomic mass is 35.5. The van der Waals surface area contributed by atoms with Crippen LogP contribution >= 0.6 is 11.6 Å². The van der Waals surface area contributed by atoms with E-state index in [4.69, 9.17) is 23.1 Å². The van der Waals surface area contributed by atoms with Gasteiger partial charge in [-0.2, -0.15) is 0 Å². The zero-order valence-electron chi connectivity index (χ0n) is 10.5. The topological polar surface area (TPSA) is 101 Å². The Kier molecular flexibility index (Phi) is 3.54. The lowest BCUT2D eigenvalue weighted by Crippen LogP contribution is -2.68. The van der Waals surface area contributed by atoms with Gasteiger partial charge in [-0.3, -0.25) is 4.79 Å². The van der Waals surface area contributed by atoms with Gasteiger partial charge >= 0.3 is 0 Å². The summed E-state index contributed by atoms with van der Waals surface area (Å²) in [6, 6.07) is 3.12. The van der Waals surface area contributed by atoms with E-state index in [9.17, 15) is 9.90 Å². The summed E-state index contributed by atoms with van der Waals surface area (Å²) in [5.74, 6) is -0.559. The quantitative estimate of drug-likeness (QED) is 0.607. The molecule has 1 heterocycles. The minimum Gasteiger partial charge on any atom is -0.507 e. The largest absolute Gasteiger partial charge is 0.507 e. The summed E-state index contributed by atoms with van der Waals surface area (Å²) in [5.41, 5.74) is 12.1. The van der Waals surface area contributed by atoms with Crippen molar-refractivity contribution in [3.05, 3.63) is 33.9 Å². The second-order valence-electron chi connectivity index (χ2n) is 4.84. The van der Waals surface area contributed by atoms with E-state index in [1.165, 1.54) is 12.1 Å². The van der Waals surface area contributed by atoms with Crippen molar-refractivity contribution in [2.45, 2.75) is 12.5 Å². The van der Waals surface area contributed by atoms with Crippen LogP contribution in [0.3, 0.4) is 0 Å². The Labute approximate surface area is 116 Å². The molecule has 5 nitrogen and oxygen atoms in total. The lowest BCUT2D eigenvalue weighted by molar-refractivity contribution is -0.115. The number of amides is 1. The van der Waals surface area contributed by atoms with Gasteiger partial charge in [-0.05, 0) is 30.7 Å². The van der Waals surface area contributed by atoms with Crippen molar-refractivity contribution in [2.75, 3.05) is 13.1 Å². The van der Waals surface area contributed by atoms with E-state index < -0.39 is 11.4 Å². The first kappa shape index (κ1) is 13.9. The fourth-order valence-electron chi connectivity index (χ4n) is 2.00. The van der Waals surface area contributed by atoms with Crippen LogP contribution in [-0.4, -0.2) is 29.6 Å². The Hall–Kier alpha value is -1.56. The fourth-order valence-corrected chi connectivity index (χ4v) is 2.17. The van der Waals surface area contributed by atoms with E-state index in [-0.39, 0.29) is 11.3 Å². The normalized spacial score (nSPS) is 17.9. The number of nitrogens with one attached hydrogen (secondary N) is 1. The van der Waals surface area contributed by atoms with Gasteiger partial charge in [0.25, 0.3) is 0 Å². The van der Waals surface area contributed by atoms with E-state index in [1.54, 1.807) is 13.0 Å². The van der Waals surface area contributed by atoms with Crippen LogP contribution in [0.25, 0.3) is 6.08 Å². The molecule has 0 radical (unpaired) electrons. The summed E-state index contributed by atoms with van der Waals surface area (Å²) >= 11 is 6.01. The maximum Gasteiger partial charge on any atom is 0.246 e. The lowest BCUT2D eigenvalue weighted by atomic mass is 9.83. The summed E-state index contributed by atoms with van der Waals surface area (Å²) in [6.07, 6.45) is 1.50. The summed E-state index contributed by atoms with van der Waals surface area (Å²) in [4.78, 5) is 11.5. The number of rotatable bonds is 3. The molecule has 1 amide bonds. The van der Waals surface area contributed by atoms with Crippen molar-refractivity contribution < 1.29 is 9.90 Å². The Morgan fingerprint density at radius 1 is 1.53 bits per heavy atom. The molecule has 0 spiro atoms. The number of aromatic hydroxyl groups is 1. The van der Waals surface area contributed by atoms with Crippen LogP contribution < -0.4 is 16.8 Å². The second kappa shape index (κ2) is 4.85. The maximum atomic E-state index is 11.5. The highest BCUT2D eigenvalue weighted by Crippen LogP contribution is 2.29. The van der Waals surface area contributed by atoms with E-state index in [0.29, 0.717) is 23.7 Å². The number of phenols is 1. The summed E-state index contributed by atoms with van der Waals surface area (Å²) in [7, 11) is 0. The fraction of sp³-hybridized carbons (Fsp3) is 0.308. The van der Waals surface area contributed by atoms with Crippen molar-refractivity contribution in [1.82, 2.24) is 5.32 Å². The Morgan fingerprint density at radius 3 is 2.63 bits per heavy atom. The molecule has 0 atom stereocenters. The molecule has 2 rings (SSSR count). The number of primary amides is 1. The standard InChI is InChI=1S/C13H16ClN3O2/c1-7-2-11(18)8(4-10(7)14)3-9(12(15)19)13(16)5-17-6-13/h2-4,17-18H,5-6,16H2,1H3,(H2,15,19)/b9-3+. The molecule has 6 heteroatoms. The molecule has 0 saturated carbocycles. The number of hydrogen-bond donors (Lipinski definition) is 4. The molecule has 0 unspecified atom stereocenters. The molecule has 0 aliphatic carbocycles. The molecular weight excluding hydrogens is 266 g/mol. The summed E-state index contributed by atoms with van der Waals surface area (Å²) < 4.78 is 0. The van der Waals surface area contributed by atoms with Crippen molar-refractivity contribution >= 4 is 23.6 Å². The summed E-state index contributed by atoms with van der Waals surface area (Å²) in [6.45, 7) is 2.73. The third-order valence-electron chi connectivity index (χ3n) is 3.29. The van der Waals surface area contributed by atoms with Gasteiger partial charge in [0.1, 0.15) is 5.75 Å². The zero-order chi connectivity index (χ0) is 14.2. The number of aryl methyl sites for hydroxylation is 1. The van der Waals surface area contributed by atoms with Crippen LogP contribution in [0.1, 0.15) is 11.1 Å². The van der Waals surface area contributed by atoms with Crippen LogP contribution in [0.4, 0.5) is 0 Å². The Bertz CT molecular complexity index is 565. The zero-order valence-corrected chi connectivity index (χ0v) is 11.3. The van der Waals surface area contributed by atoms with Crippen molar-refractivity contribution in [3.8, 4) is 5.75 Å². The van der Waals surface area contributed by atoms with Gasteiger partial charge in [-0.15, -0.1) is 0 Å². The molecule has 1 aliphatic rings. The molecule has 19 heavy (non-hydrogen) atoms. The van der Waals surface area contributed by atoms with Crippen molar-refractivity contribution in [1.29, 1.82) is 0 Å². The second-order valence-corrected chi connectivity index (χ2v) is 5.25. The molecule has 1 aliphatic heterocycles. The minimum atomic E-state index is -0.782. The molecule has 6 N–H and O–H groups in total. The van der Waals surface area contributed by atoms with E-state index in [2.05, 4.69) is 5.32 Å². The van der Waals surface area contributed by atoms with Crippen LogP contribution in [0, 0.1) is 6.92 Å². The molecular formula is C13H16ClN3O2. The lowest BCUT2D eigenvalue weighted by Gasteiger charge is -2.40. The van der Waals surface area contributed by atoms with Crippen LogP contribution in [-0.2, 0) is 4.79 Å². The van der Waals surface area contributed by atoms with Gasteiger partial charge in [-0.1, -0.05) is 11.6 Å². The highest BCUT2D eigenvalue weighted by molar-refractivity contribution is 6.31. The number of benzene rings is 1. The Balaban J connectivity index is 2.48. The van der Waals surface area contributed by atoms with E-state index in [0.717, 1.165) is 5.56 Å². The predicted molar refractivity (Wildman–Crippen MR) is 74.8 cm³/mol. The van der Waals surface area contributed by atoms with Gasteiger partial charge in [-0.25, -0.2) is 0 Å². The number of carbonyl (C=O) groups is 1. The number of carbonyl (C=O) groups excluding carboxylic acids is 1. The molecule has 102 valence electrons. The van der Waals surface area contributed by atoms with Crippen LogP contribution in [0.15, 0.2) is 17.7 Å². The molecule has 1 saturated heterocycles. The van der Waals surface area contributed by atoms with Gasteiger partial charge in [0.05, 0.1) is 5.54 Å². The first-order valence-electron chi connectivity index (χ1n) is 5.84. The number of hydrogen-bond acceptors (Lipinski definition) is 4. The van der Waals surface area contributed by atoms with E-state index >= 15 is 0 Å². The maximum absolute atomic E-state index is 11.5. The molecule has 1 aromatic rings. The predicted octanol–water partition coefficient (Wildman–Crippen LogP) is 0.523. The number of phenolic OH excluding ortho intramolecular Hbond substituents is 1. The van der Waals surface area contributed by atoms with Gasteiger partial charge in [0.15, 0.2) is 0 Å². The van der Waals surface area contributed by atoms with Crippen molar-refractivity contribution in [2.24, 2.45) is 11.5 Å². The monoisotopic (exact) mass is 281 g/mol. The average Bonchev–Trinajstić information content (AvgIpc) is 2.28. The molecule has 1 fully saturated rings. The smallest absolute Gasteiger partial charge is 0.246 e. The summed E-state index contributed by atoms with van der Waals surface area (Å²) in [5, 5.41) is 13.4. The number of nitrogens with two attached hydrogens (primary N) is 2. The molecule has 1 aromatic carbocycles.